The van der Waals surface area contributed by atoms with Gasteiger partial charge in [-0.3, -0.25) is 9.59 Å². The van der Waals surface area contributed by atoms with Crippen LogP contribution in [0.1, 0.15) is 10.4 Å². The number of hydrogen-bond acceptors (Lipinski definition) is 2. The Morgan fingerprint density at radius 1 is 0.842 bits per heavy atom. The predicted octanol–water partition coefficient (Wildman–Crippen LogP) is 1.99. The van der Waals surface area contributed by atoms with Crippen molar-refractivity contribution >= 4 is 16.8 Å². The molecule has 0 bridgehead atoms. The van der Waals surface area contributed by atoms with E-state index in [4.69, 9.17) is 0 Å². The molecule has 3 aromatic rings. The molecule has 4 nitrogen and oxygen atoms in total. The summed E-state index contributed by atoms with van der Waals surface area (Å²) in [6.45, 7) is 0. The number of nitrogens with zero attached hydrogens (tertiary/aromatic N) is 2. The highest BCUT2D eigenvalue weighted by molar-refractivity contribution is 5.94. The van der Waals surface area contributed by atoms with Gasteiger partial charge in [0.2, 0.25) is 0 Å². The fraction of sp³-hybridized carbons (Fsp3) is 0.0667. The van der Waals surface area contributed by atoms with E-state index in [0.717, 1.165) is 11.3 Å². The van der Waals surface area contributed by atoms with Gasteiger partial charge in [0.15, 0.2) is 0 Å². The minimum atomic E-state index is -0.142. The van der Waals surface area contributed by atoms with Crippen molar-refractivity contribution in [2.75, 3.05) is 0 Å². The van der Waals surface area contributed by atoms with Crippen molar-refractivity contribution < 1.29 is 4.79 Å². The molecule has 92 valence electrons. The number of rotatable bonds is 0. The summed E-state index contributed by atoms with van der Waals surface area (Å²) in [6.07, 6.45) is 0.328. The molecule has 0 radical (unpaired) electrons. The summed E-state index contributed by atoms with van der Waals surface area (Å²) in [4.78, 5) is 24.8. The van der Waals surface area contributed by atoms with E-state index in [1.807, 2.05) is 36.4 Å². The molecule has 4 rings (SSSR count). The van der Waals surface area contributed by atoms with Crippen LogP contribution in [0.15, 0.2) is 53.3 Å². The van der Waals surface area contributed by atoms with Gasteiger partial charge in [-0.25, -0.2) is 9.36 Å². The summed E-state index contributed by atoms with van der Waals surface area (Å²) >= 11 is 0. The Labute approximate surface area is 108 Å². The molecule has 0 N–H and O–H groups in total. The summed E-state index contributed by atoms with van der Waals surface area (Å²) < 4.78 is 2.96. The second-order valence-electron chi connectivity index (χ2n) is 4.65. The van der Waals surface area contributed by atoms with E-state index in [1.54, 1.807) is 12.1 Å². The van der Waals surface area contributed by atoms with Crippen LogP contribution >= 0.6 is 0 Å². The lowest BCUT2D eigenvalue weighted by molar-refractivity contribution is 0.0886. The molecule has 0 saturated heterocycles. The number of hydrogen-bond donors (Lipinski definition) is 0. The van der Waals surface area contributed by atoms with Crippen LogP contribution < -0.4 is 5.56 Å². The highest BCUT2D eigenvalue weighted by Gasteiger charge is 2.25. The SMILES string of the molecule is O=C1Cc2ccccc2-n2c(=O)c3ccccc3n21. The van der Waals surface area contributed by atoms with Crippen LogP contribution in [0, 0.1) is 0 Å². The quantitative estimate of drug-likeness (QED) is 0.612. The third-order valence-electron chi connectivity index (χ3n) is 3.55. The number of fused-ring (bicyclic) bond motifs is 5. The van der Waals surface area contributed by atoms with Crippen LogP contribution in [-0.4, -0.2) is 15.3 Å². The van der Waals surface area contributed by atoms with Crippen LogP contribution in [0.2, 0.25) is 0 Å². The van der Waals surface area contributed by atoms with E-state index in [2.05, 4.69) is 0 Å². The Morgan fingerprint density at radius 2 is 1.58 bits per heavy atom. The average Bonchev–Trinajstić information content (AvgIpc) is 2.74. The van der Waals surface area contributed by atoms with Crippen LogP contribution in [0.5, 0.6) is 0 Å². The molecule has 0 saturated carbocycles. The average molecular weight is 250 g/mol. The van der Waals surface area contributed by atoms with E-state index in [1.165, 1.54) is 9.36 Å². The summed E-state index contributed by atoms with van der Waals surface area (Å²) in [5.41, 5.74) is 2.22. The molecule has 19 heavy (non-hydrogen) atoms. The molecule has 0 aliphatic carbocycles. The first-order valence-electron chi connectivity index (χ1n) is 6.11. The van der Waals surface area contributed by atoms with Crippen molar-refractivity contribution in [2.24, 2.45) is 0 Å². The van der Waals surface area contributed by atoms with Crippen LogP contribution in [0.4, 0.5) is 0 Å². The Kier molecular flexibility index (Phi) is 1.87. The Balaban J connectivity index is 2.25. The molecule has 2 heterocycles. The zero-order valence-electron chi connectivity index (χ0n) is 10.0. The smallest absolute Gasteiger partial charge is 0.272 e. The summed E-state index contributed by atoms with van der Waals surface area (Å²) in [7, 11) is 0. The van der Waals surface area contributed by atoms with Gasteiger partial charge in [-0.15, -0.1) is 0 Å². The predicted molar refractivity (Wildman–Crippen MR) is 71.9 cm³/mol. The zero-order valence-corrected chi connectivity index (χ0v) is 10.0. The van der Waals surface area contributed by atoms with E-state index < -0.39 is 0 Å². The van der Waals surface area contributed by atoms with Crippen molar-refractivity contribution in [1.29, 1.82) is 0 Å². The molecule has 0 amide bonds. The van der Waals surface area contributed by atoms with E-state index in [0.29, 0.717) is 17.3 Å². The fourth-order valence-corrected chi connectivity index (χ4v) is 2.72. The van der Waals surface area contributed by atoms with Gasteiger partial charge in [-0.2, -0.15) is 0 Å². The molecular formula is C15H10N2O2. The minimum absolute atomic E-state index is 0.0722. The van der Waals surface area contributed by atoms with Gasteiger partial charge >= 0.3 is 0 Å². The van der Waals surface area contributed by atoms with Gasteiger partial charge in [-0.05, 0) is 23.8 Å². The van der Waals surface area contributed by atoms with Crippen molar-refractivity contribution in [2.45, 2.75) is 6.42 Å². The van der Waals surface area contributed by atoms with Crippen LogP contribution in [0.3, 0.4) is 0 Å². The fourth-order valence-electron chi connectivity index (χ4n) is 2.72. The first-order chi connectivity index (χ1) is 9.27. The topological polar surface area (TPSA) is 44.0 Å². The van der Waals surface area contributed by atoms with Crippen molar-refractivity contribution in [1.82, 2.24) is 9.36 Å². The highest BCUT2D eigenvalue weighted by Crippen LogP contribution is 2.23. The maximum Gasteiger partial charge on any atom is 0.279 e. The second-order valence-corrected chi connectivity index (χ2v) is 4.65. The summed E-state index contributed by atoms with van der Waals surface area (Å²) in [5, 5.41) is 0.576. The monoisotopic (exact) mass is 250 g/mol. The molecule has 1 aliphatic rings. The van der Waals surface area contributed by atoms with Gasteiger partial charge in [0.05, 0.1) is 23.0 Å². The first kappa shape index (κ1) is 10.3. The van der Waals surface area contributed by atoms with E-state index in [9.17, 15) is 9.59 Å². The third-order valence-corrected chi connectivity index (χ3v) is 3.55. The lowest BCUT2D eigenvalue weighted by Crippen LogP contribution is -2.32. The molecule has 1 aliphatic heterocycles. The number of aromatic nitrogens is 2. The van der Waals surface area contributed by atoms with Gasteiger partial charge in [0, 0.05) is 0 Å². The van der Waals surface area contributed by atoms with Crippen molar-refractivity contribution in [3.8, 4) is 5.69 Å². The molecular weight excluding hydrogens is 240 g/mol. The number of benzene rings is 2. The summed E-state index contributed by atoms with van der Waals surface area (Å²) in [5.74, 6) is -0.0722. The standard InChI is InChI=1S/C15H10N2O2/c18-14-9-10-5-1-3-7-12(10)17-15(19)11-6-2-4-8-13(11)16(14)17/h1-8H,9H2. The van der Waals surface area contributed by atoms with Crippen LogP contribution in [-0.2, 0) is 6.42 Å². The maximum absolute atomic E-state index is 12.5. The normalized spacial score (nSPS) is 13.4. The maximum atomic E-state index is 12.5. The lowest BCUT2D eigenvalue weighted by atomic mass is 10.1. The first-order valence-corrected chi connectivity index (χ1v) is 6.11. The van der Waals surface area contributed by atoms with E-state index in [-0.39, 0.29) is 11.5 Å². The number of carbonyl (C=O) groups is 1. The highest BCUT2D eigenvalue weighted by atomic mass is 16.2. The molecule has 0 spiro atoms. The van der Waals surface area contributed by atoms with Gasteiger partial charge < -0.3 is 0 Å². The number of carbonyl (C=O) groups excluding carboxylic acids is 1. The van der Waals surface area contributed by atoms with Crippen molar-refractivity contribution in [3.05, 3.63) is 64.4 Å². The van der Waals surface area contributed by atoms with Gasteiger partial charge in [0.25, 0.3) is 11.5 Å². The Bertz CT molecular complexity index is 887. The van der Waals surface area contributed by atoms with Crippen molar-refractivity contribution in [3.63, 3.8) is 0 Å². The van der Waals surface area contributed by atoms with E-state index >= 15 is 0 Å². The summed E-state index contributed by atoms with van der Waals surface area (Å²) in [6, 6.07) is 14.7. The zero-order chi connectivity index (χ0) is 13.0. The largest absolute Gasteiger partial charge is 0.279 e. The third kappa shape index (κ3) is 1.23. The Hall–Kier alpha value is -2.62. The molecule has 1 aromatic heterocycles. The Morgan fingerprint density at radius 3 is 2.47 bits per heavy atom. The lowest BCUT2D eigenvalue weighted by Gasteiger charge is -2.19. The van der Waals surface area contributed by atoms with Crippen LogP contribution in [0.25, 0.3) is 16.6 Å². The van der Waals surface area contributed by atoms with Gasteiger partial charge in [-0.1, -0.05) is 30.3 Å². The molecule has 0 fully saturated rings. The molecule has 0 unspecified atom stereocenters. The van der Waals surface area contributed by atoms with Gasteiger partial charge in [0.1, 0.15) is 0 Å². The second kappa shape index (κ2) is 3.45. The molecule has 0 atom stereocenters. The number of para-hydroxylation sites is 2. The molecule has 2 aromatic carbocycles. The molecule has 4 heteroatoms. The minimum Gasteiger partial charge on any atom is -0.272 e.